The van der Waals surface area contributed by atoms with Crippen molar-refractivity contribution in [3.05, 3.63) is 41.5 Å². The van der Waals surface area contributed by atoms with Gasteiger partial charge in [-0.25, -0.2) is 0 Å². The van der Waals surface area contributed by atoms with Gasteiger partial charge in [0, 0.05) is 30.0 Å². The van der Waals surface area contributed by atoms with Gasteiger partial charge < -0.3 is 20.7 Å². The predicted molar refractivity (Wildman–Crippen MR) is 115 cm³/mol. The van der Waals surface area contributed by atoms with Crippen molar-refractivity contribution in [2.24, 2.45) is 5.73 Å². The molecule has 0 fully saturated rings. The van der Waals surface area contributed by atoms with E-state index in [4.69, 9.17) is 10.5 Å². The van der Waals surface area contributed by atoms with E-state index >= 15 is 0 Å². The Labute approximate surface area is 168 Å². The van der Waals surface area contributed by atoms with Crippen LogP contribution in [0.25, 0.3) is 10.8 Å². The Balaban J connectivity index is 2.12. The van der Waals surface area contributed by atoms with Crippen LogP contribution in [0.15, 0.2) is 30.3 Å². The number of fused-ring (bicyclic) bond motifs is 1. The van der Waals surface area contributed by atoms with Crippen molar-refractivity contribution in [1.82, 2.24) is 0 Å². The molecule has 4 N–H and O–H groups in total. The molecule has 4 heteroatoms. The van der Waals surface area contributed by atoms with E-state index in [2.05, 4.69) is 18.8 Å². The number of aromatic hydroxyl groups is 1. The molecule has 0 heterocycles. The highest BCUT2D eigenvalue weighted by Crippen LogP contribution is 2.35. The van der Waals surface area contributed by atoms with Crippen LogP contribution >= 0.6 is 0 Å². The van der Waals surface area contributed by atoms with E-state index in [0.717, 1.165) is 29.2 Å². The quantitative estimate of drug-likeness (QED) is 0.412. The number of unbranched alkanes of at least 4 members (excludes halogenated alkanes) is 6. The molecule has 0 spiro atoms. The molecular formula is C24H33NO3. The fourth-order valence-electron chi connectivity index (χ4n) is 3.41. The minimum atomic E-state index is -0.603. The largest absolute Gasteiger partial charge is 0.507 e. The number of aliphatic hydroxyl groups is 1. The standard InChI is InChI=1S/C24H33NO3/c1-3-4-5-6-7-8-9-10-11-18-12-13-19-14-15-20(23(27)21(19)16-18)24(28-2)22(25)17-26/h12-16,22,24,26-27H,3-9,17,25H2,1-2H3/t22-,24+/m0/s1. The summed E-state index contributed by atoms with van der Waals surface area (Å²) in [5.41, 5.74) is 7.39. The van der Waals surface area contributed by atoms with Crippen LogP contribution in [0.5, 0.6) is 5.75 Å². The third-order valence-electron chi connectivity index (χ3n) is 5.07. The van der Waals surface area contributed by atoms with Crippen molar-refractivity contribution in [2.75, 3.05) is 13.7 Å². The fourth-order valence-corrected chi connectivity index (χ4v) is 3.41. The van der Waals surface area contributed by atoms with Gasteiger partial charge in [-0.3, -0.25) is 0 Å². The molecule has 152 valence electrons. The Morgan fingerprint density at radius 1 is 1.07 bits per heavy atom. The summed E-state index contributed by atoms with van der Waals surface area (Å²) in [5.74, 6) is 6.58. The van der Waals surface area contributed by atoms with Gasteiger partial charge in [-0.15, -0.1) is 0 Å². The van der Waals surface area contributed by atoms with E-state index in [0.29, 0.717) is 5.56 Å². The average molecular weight is 384 g/mol. The number of hydrogen-bond acceptors (Lipinski definition) is 4. The molecule has 0 bridgehead atoms. The minimum Gasteiger partial charge on any atom is -0.507 e. The molecule has 0 saturated carbocycles. The highest BCUT2D eigenvalue weighted by Gasteiger charge is 2.22. The third kappa shape index (κ3) is 5.97. The third-order valence-corrected chi connectivity index (χ3v) is 5.07. The molecule has 2 rings (SSSR count). The molecule has 0 amide bonds. The summed E-state index contributed by atoms with van der Waals surface area (Å²) in [4.78, 5) is 0. The first kappa shape index (κ1) is 22.2. The number of aliphatic hydroxyl groups excluding tert-OH is 1. The molecule has 0 aliphatic carbocycles. The maximum atomic E-state index is 10.8. The molecule has 0 radical (unpaired) electrons. The number of phenols is 1. The second-order valence-electron chi connectivity index (χ2n) is 7.26. The second kappa shape index (κ2) is 11.7. The number of hydrogen-bond donors (Lipinski definition) is 3. The van der Waals surface area contributed by atoms with Gasteiger partial charge in [0.1, 0.15) is 11.9 Å². The molecule has 4 nitrogen and oxygen atoms in total. The van der Waals surface area contributed by atoms with E-state index in [1.807, 2.05) is 24.3 Å². The molecule has 0 aliphatic rings. The highest BCUT2D eigenvalue weighted by atomic mass is 16.5. The summed E-state index contributed by atoms with van der Waals surface area (Å²) >= 11 is 0. The Morgan fingerprint density at radius 2 is 1.79 bits per heavy atom. The van der Waals surface area contributed by atoms with Gasteiger partial charge in [0.25, 0.3) is 0 Å². The first-order valence-corrected chi connectivity index (χ1v) is 10.3. The lowest BCUT2D eigenvalue weighted by Gasteiger charge is -2.22. The summed E-state index contributed by atoms with van der Waals surface area (Å²) in [7, 11) is 1.52. The highest BCUT2D eigenvalue weighted by molar-refractivity contribution is 5.90. The van der Waals surface area contributed by atoms with Gasteiger partial charge in [-0.05, 0) is 23.9 Å². The maximum absolute atomic E-state index is 10.8. The topological polar surface area (TPSA) is 75.7 Å². The van der Waals surface area contributed by atoms with E-state index < -0.39 is 12.1 Å². The van der Waals surface area contributed by atoms with Crippen LogP contribution < -0.4 is 5.73 Å². The number of phenolic OH excluding ortho intramolecular Hbond substituents is 1. The van der Waals surface area contributed by atoms with Crippen LogP contribution in [-0.2, 0) is 4.74 Å². The summed E-state index contributed by atoms with van der Waals surface area (Å²) in [5, 5.41) is 21.8. The zero-order valence-corrected chi connectivity index (χ0v) is 17.1. The van der Waals surface area contributed by atoms with E-state index in [9.17, 15) is 10.2 Å². The Morgan fingerprint density at radius 3 is 2.50 bits per heavy atom. The van der Waals surface area contributed by atoms with Crippen molar-refractivity contribution in [3.63, 3.8) is 0 Å². The van der Waals surface area contributed by atoms with E-state index in [1.165, 1.54) is 39.2 Å². The molecule has 2 aromatic rings. The summed E-state index contributed by atoms with van der Waals surface area (Å²) in [6.45, 7) is 2.01. The Hall–Kier alpha value is -2.06. The smallest absolute Gasteiger partial charge is 0.129 e. The van der Waals surface area contributed by atoms with Crippen molar-refractivity contribution >= 4 is 10.8 Å². The van der Waals surface area contributed by atoms with Crippen molar-refractivity contribution in [2.45, 2.75) is 64.0 Å². The van der Waals surface area contributed by atoms with Gasteiger partial charge in [-0.1, -0.05) is 69.1 Å². The number of nitrogens with two attached hydrogens (primary N) is 1. The molecule has 0 unspecified atom stereocenters. The van der Waals surface area contributed by atoms with Crippen molar-refractivity contribution in [3.8, 4) is 17.6 Å². The summed E-state index contributed by atoms with van der Waals surface area (Å²) < 4.78 is 5.40. The lowest BCUT2D eigenvalue weighted by molar-refractivity contribution is 0.0575. The van der Waals surface area contributed by atoms with Crippen LogP contribution in [-0.4, -0.2) is 30.0 Å². The van der Waals surface area contributed by atoms with Crippen LogP contribution in [0, 0.1) is 11.8 Å². The maximum Gasteiger partial charge on any atom is 0.129 e. The number of rotatable bonds is 10. The first-order valence-electron chi connectivity index (χ1n) is 10.3. The van der Waals surface area contributed by atoms with Gasteiger partial charge >= 0.3 is 0 Å². The van der Waals surface area contributed by atoms with Crippen LogP contribution in [0.4, 0.5) is 0 Å². The van der Waals surface area contributed by atoms with E-state index in [-0.39, 0.29) is 12.4 Å². The normalized spacial score (nSPS) is 13.1. The molecule has 2 aromatic carbocycles. The SMILES string of the molecule is CCCCCCCCC#Cc1ccc2ccc([C@@H](OC)[C@@H](N)CO)c(O)c2c1. The fraction of sp³-hybridized carbons (Fsp3) is 0.500. The number of ether oxygens (including phenoxy) is 1. The lowest BCUT2D eigenvalue weighted by atomic mass is 9.97. The van der Waals surface area contributed by atoms with E-state index in [1.54, 1.807) is 6.07 Å². The summed E-state index contributed by atoms with van der Waals surface area (Å²) in [6, 6.07) is 8.96. The number of methoxy groups -OCH3 is 1. The molecular weight excluding hydrogens is 350 g/mol. The predicted octanol–water partition coefficient (Wildman–Crippen LogP) is 4.65. The zero-order chi connectivity index (χ0) is 20.4. The molecule has 0 aliphatic heterocycles. The zero-order valence-electron chi connectivity index (χ0n) is 17.1. The molecule has 0 aromatic heterocycles. The molecule has 0 saturated heterocycles. The first-order chi connectivity index (χ1) is 13.6. The molecule has 28 heavy (non-hydrogen) atoms. The minimum absolute atomic E-state index is 0.132. The second-order valence-corrected chi connectivity index (χ2v) is 7.26. The summed E-state index contributed by atoms with van der Waals surface area (Å²) in [6.07, 6.45) is 7.89. The van der Waals surface area contributed by atoms with Gasteiger partial charge in [0.2, 0.25) is 0 Å². The Kier molecular flexibility index (Phi) is 9.30. The van der Waals surface area contributed by atoms with Crippen molar-refractivity contribution in [1.29, 1.82) is 0 Å². The average Bonchev–Trinajstić information content (AvgIpc) is 2.72. The molecule has 2 atom stereocenters. The lowest BCUT2D eigenvalue weighted by Crippen LogP contribution is -2.33. The Bertz CT molecular complexity index is 807. The number of benzene rings is 2. The van der Waals surface area contributed by atoms with Crippen LogP contribution in [0.3, 0.4) is 0 Å². The van der Waals surface area contributed by atoms with Gasteiger partial charge in [0.15, 0.2) is 0 Å². The van der Waals surface area contributed by atoms with Gasteiger partial charge in [-0.2, -0.15) is 0 Å². The monoisotopic (exact) mass is 383 g/mol. The van der Waals surface area contributed by atoms with Crippen LogP contribution in [0.2, 0.25) is 0 Å². The van der Waals surface area contributed by atoms with Gasteiger partial charge in [0.05, 0.1) is 12.6 Å². The van der Waals surface area contributed by atoms with Crippen molar-refractivity contribution < 1.29 is 14.9 Å². The van der Waals surface area contributed by atoms with Crippen LogP contribution in [0.1, 0.15) is 69.1 Å².